The highest BCUT2D eigenvalue weighted by Gasteiger charge is 2.29. The molecule has 0 atom stereocenters. The quantitative estimate of drug-likeness (QED) is 0.205. The van der Waals surface area contributed by atoms with Gasteiger partial charge in [-0.1, -0.05) is 39.5 Å². The fraction of sp³-hybridized carbons (Fsp3) is 0.944. The third kappa shape index (κ3) is 11.5. The van der Waals surface area contributed by atoms with E-state index in [0.29, 0.717) is 32.6 Å². The molecule has 0 aromatic heterocycles. The number of aliphatic hydroxyl groups is 1. The molecule has 1 aliphatic heterocycles. The number of hydrogen-bond donors (Lipinski definition) is 3. The first kappa shape index (κ1) is 23.9. The lowest BCUT2D eigenvalue weighted by atomic mass is 9.95. The van der Waals surface area contributed by atoms with Gasteiger partial charge < -0.3 is 20.5 Å². The Morgan fingerprint density at radius 1 is 1.12 bits per heavy atom. The van der Waals surface area contributed by atoms with E-state index in [9.17, 15) is 5.11 Å². The van der Waals surface area contributed by atoms with Crippen molar-refractivity contribution in [2.75, 3.05) is 32.8 Å². The lowest BCUT2D eigenvalue weighted by Crippen LogP contribution is -2.42. The van der Waals surface area contributed by atoms with Gasteiger partial charge in [0, 0.05) is 39.1 Å². The van der Waals surface area contributed by atoms with Gasteiger partial charge in [0.25, 0.3) is 0 Å². The molecule has 3 N–H and O–H groups in total. The molecular formula is C18H38IN3O2. The zero-order valence-electron chi connectivity index (χ0n) is 15.8. The van der Waals surface area contributed by atoms with Gasteiger partial charge in [0.05, 0.1) is 12.1 Å². The SMILES string of the molecule is CCNC(=NCC1(O)CCOCC1)NCCCCCCC(C)C.I. The molecule has 0 radical (unpaired) electrons. The fourth-order valence-corrected chi connectivity index (χ4v) is 2.72. The van der Waals surface area contributed by atoms with Crippen molar-refractivity contribution in [1.82, 2.24) is 10.6 Å². The maximum absolute atomic E-state index is 10.5. The van der Waals surface area contributed by atoms with E-state index >= 15 is 0 Å². The minimum Gasteiger partial charge on any atom is -0.388 e. The van der Waals surface area contributed by atoms with Crippen molar-refractivity contribution in [1.29, 1.82) is 0 Å². The molecule has 1 aliphatic rings. The van der Waals surface area contributed by atoms with Gasteiger partial charge in [-0.15, -0.1) is 24.0 Å². The summed E-state index contributed by atoms with van der Waals surface area (Å²) in [6, 6.07) is 0. The van der Waals surface area contributed by atoms with Crippen LogP contribution in [-0.2, 0) is 4.74 Å². The summed E-state index contributed by atoms with van der Waals surface area (Å²) in [5.74, 6) is 1.63. The third-order valence-electron chi connectivity index (χ3n) is 4.30. The molecule has 0 aliphatic carbocycles. The normalized spacial score (nSPS) is 17.5. The standard InChI is InChI=1S/C18H37N3O2.HI/c1-4-19-17(20-12-8-6-5-7-9-16(2)3)21-15-18(22)10-13-23-14-11-18;/h16,22H,4-15H2,1-3H3,(H2,19,20,21);1H. The minimum absolute atomic E-state index is 0. The van der Waals surface area contributed by atoms with Crippen molar-refractivity contribution in [2.45, 2.75) is 71.3 Å². The van der Waals surface area contributed by atoms with Crippen LogP contribution in [0.25, 0.3) is 0 Å². The predicted octanol–water partition coefficient (Wildman–Crippen LogP) is 3.31. The van der Waals surface area contributed by atoms with E-state index in [4.69, 9.17) is 4.74 Å². The van der Waals surface area contributed by atoms with Gasteiger partial charge in [0.2, 0.25) is 0 Å². The second-order valence-electron chi connectivity index (χ2n) is 7.06. The summed E-state index contributed by atoms with van der Waals surface area (Å²) in [5, 5.41) is 17.1. The van der Waals surface area contributed by atoms with Crippen LogP contribution < -0.4 is 10.6 Å². The number of guanidine groups is 1. The zero-order chi connectivity index (χ0) is 17.0. The van der Waals surface area contributed by atoms with Crippen molar-refractivity contribution in [3.63, 3.8) is 0 Å². The number of rotatable bonds is 10. The molecule has 0 spiro atoms. The van der Waals surface area contributed by atoms with Crippen molar-refractivity contribution in [3.8, 4) is 0 Å². The average Bonchev–Trinajstić information content (AvgIpc) is 2.52. The first-order valence-electron chi connectivity index (χ1n) is 9.38. The minimum atomic E-state index is -0.697. The summed E-state index contributed by atoms with van der Waals surface area (Å²) in [6.45, 7) is 10.1. The maximum atomic E-state index is 10.5. The third-order valence-corrected chi connectivity index (χ3v) is 4.30. The van der Waals surface area contributed by atoms with Crippen LogP contribution in [0.5, 0.6) is 0 Å². The lowest BCUT2D eigenvalue weighted by molar-refractivity contribution is -0.0565. The van der Waals surface area contributed by atoms with E-state index in [1.54, 1.807) is 0 Å². The van der Waals surface area contributed by atoms with Gasteiger partial charge in [-0.3, -0.25) is 4.99 Å². The van der Waals surface area contributed by atoms with E-state index in [-0.39, 0.29) is 24.0 Å². The van der Waals surface area contributed by atoms with Crippen LogP contribution in [-0.4, -0.2) is 49.5 Å². The first-order valence-corrected chi connectivity index (χ1v) is 9.38. The van der Waals surface area contributed by atoms with E-state index < -0.39 is 5.60 Å². The number of nitrogens with one attached hydrogen (secondary N) is 2. The van der Waals surface area contributed by atoms with Crippen LogP contribution in [0.3, 0.4) is 0 Å². The Kier molecular flexibility index (Phi) is 14.1. The molecule has 0 amide bonds. The number of hydrogen-bond acceptors (Lipinski definition) is 3. The van der Waals surface area contributed by atoms with Crippen LogP contribution in [0.2, 0.25) is 0 Å². The molecule has 0 aromatic carbocycles. The monoisotopic (exact) mass is 455 g/mol. The largest absolute Gasteiger partial charge is 0.388 e. The first-order chi connectivity index (χ1) is 11.1. The molecular weight excluding hydrogens is 417 g/mol. The lowest BCUT2D eigenvalue weighted by Gasteiger charge is -2.30. The smallest absolute Gasteiger partial charge is 0.191 e. The highest BCUT2D eigenvalue weighted by molar-refractivity contribution is 14.0. The summed E-state index contributed by atoms with van der Waals surface area (Å²) >= 11 is 0. The summed E-state index contributed by atoms with van der Waals surface area (Å²) in [4.78, 5) is 4.55. The predicted molar refractivity (Wildman–Crippen MR) is 112 cm³/mol. The second kappa shape index (κ2) is 14.1. The maximum Gasteiger partial charge on any atom is 0.191 e. The Hall–Kier alpha value is -0.0800. The van der Waals surface area contributed by atoms with Gasteiger partial charge in [-0.2, -0.15) is 0 Å². The molecule has 1 saturated heterocycles. The molecule has 0 saturated carbocycles. The molecule has 1 heterocycles. The number of ether oxygens (including phenoxy) is 1. The topological polar surface area (TPSA) is 65.9 Å². The van der Waals surface area contributed by atoms with Gasteiger partial charge in [0.1, 0.15) is 0 Å². The molecule has 5 nitrogen and oxygen atoms in total. The Morgan fingerprint density at radius 2 is 1.79 bits per heavy atom. The molecule has 1 fully saturated rings. The summed E-state index contributed by atoms with van der Waals surface area (Å²) < 4.78 is 5.31. The van der Waals surface area contributed by atoms with E-state index in [2.05, 4.69) is 36.4 Å². The summed E-state index contributed by atoms with van der Waals surface area (Å²) in [6.07, 6.45) is 7.76. The Morgan fingerprint density at radius 3 is 2.42 bits per heavy atom. The zero-order valence-corrected chi connectivity index (χ0v) is 18.1. The summed E-state index contributed by atoms with van der Waals surface area (Å²) in [7, 11) is 0. The van der Waals surface area contributed by atoms with Crippen molar-refractivity contribution in [2.24, 2.45) is 10.9 Å². The van der Waals surface area contributed by atoms with Crippen molar-refractivity contribution < 1.29 is 9.84 Å². The van der Waals surface area contributed by atoms with Crippen molar-refractivity contribution >= 4 is 29.9 Å². The Labute approximate surface area is 165 Å². The highest BCUT2D eigenvalue weighted by atomic mass is 127. The fourth-order valence-electron chi connectivity index (χ4n) is 2.72. The van der Waals surface area contributed by atoms with Gasteiger partial charge in [-0.25, -0.2) is 0 Å². The van der Waals surface area contributed by atoms with E-state index in [1.165, 1.54) is 32.1 Å². The van der Waals surface area contributed by atoms with Gasteiger partial charge in [0.15, 0.2) is 5.96 Å². The number of aliphatic imine (C=N–C) groups is 1. The van der Waals surface area contributed by atoms with Crippen LogP contribution in [0.15, 0.2) is 4.99 Å². The molecule has 24 heavy (non-hydrogen) atoms. The second-order valence-corrected chi connectivity index (χ2v) is 7.06. The molecule has 0 bridgehead atoms. The molecule has 1 rings (SSSR count). The Balaban J connectivity index is 0.00000529. The van der Waals surface area contributed by atoms with Crippen molar-refractivity contribution in [3.05, 3.63) is 0 Å². The average molecular weight is 455 g/mol. The van der Waals surface area contributed by atoms with Crippen LogP contribution in [0, 0.1) is 5.92 Å². The summed E-state index contributed by atoms with van der Waals surface area (Å²) in [5.41, 5.74) is -0.697. The van der Waals surface area contributed by atoms with Gasteiger partial charge >= 0.3 is 0 Å². The van der Waals surface area contributed by atoms with Gasteiger partial charge in [-0.05, 0) is 19.3 Å². The number of unbranched alkanes of at least 4 members (excludes halogenated alkanes) is 3. The number of nitrogens with zero attached hydrogens (tertiary/aromatic N) is 1. The molecule has 0 unspecified atom stereocenters. The van der Waals surface area contributed by atoms with E-state index in [1.807, 2.05) is 0 Å². The molecule has 0 aromatic rings. The molecule has 6 heteroatoms. The Bertz CT molecular complexity index is 332. The highest BCUT2D eigenvalue weighted by Crippen LogP contribution is 2.20. The molecule has 144 valence electrons. The van der Waals surface area contributed by atoms with Crippen LogP contribution >= 0.6 is 24.0 Å². The van der Waals surface area contributed by atoms with E-state index in [0.717, 1.165) is 25.0 Å². The van der Waals surface area contributed by atoms with Crippen LogP contribution in [0.1, 0.15) is 65.7 Å². The number of halogens is 1. The van der Waals surface area contributed by atoms with Crippen LogP contribution in [0.4, 0.5) is 0 Å².